The summed E-state index contributed by atoms with van der Waals surface area (Å²) in [6.07, 6.45) is 2.57. The van der Waals surface area contributed by atoms with Crippen LogP contribution in [0.4, 0.5) is 0 Å². The topological polar surface area (TPSA) is 21.3 Å². The summed E-state index contributed by atoms with van der Waals surface area (Å²) in [5.74, 6) is 0.905. The summed E-state index contributed by atoms with van der Waals surface area (Å²) in [6.45, 7) is 3.51. The first kappa shape index (κ1) is 14.4. The first-order valence-electron chi connectivity index (χ1n) is 7.51. The molecular weight excluding hydrogens is 282 g/mol. The van der Waals surface area contributed by atoms with Gasteiger partial charge in [0, 0.05) is 17.6 Å². The van der Waals surface area contributed by atoms with Gasteiger partial charge in [-0.15, -0.1) is 0 Å². The predicted octanol–water partition coefficient (Wildman–Crippen LogP) is 4.66. The third-order valence-corrected chi connectivity index (χ3v) is 4.05. The molecule has 1 fully saturated rings. The lowest BCUT2D eigenvalue weighted by Gasteiger charge is -2.10. The number of ether oxygens (including phenoxy) is 1. The van der Waals surface area contributed by atoms with Crippen molar-refractivity contribution in [3.8, 4) is 16.9 Å². The van der Waals surface area contributed by atoms with E-state index in [9.17, 15) is 0 Å². The van der Waals surface area contributed by atoms with E-state index in [0.29, 0.717) is 12.6 Å². The largest absolute Gasteiger partial charge is 0.494 e. The molecule has 0 bridgehead atoms. The maximum Gasteiger partial charge on any atom is 0.119 e. The van der Waals surface area contributed by atoms with Gasteiger partial charge in [0.15, 0.2) is 0 Å². The Kier molecular flexibility index (Phi) is 4.47. The zero-order valence-corrected chi connectivity index (χ0v) is 13.0. The predicted molar refractivity (Wildman–Crippen MR) is 87.9 cm³/mol. The van der Waals surface area contributed by atoms with E-state index in [4.69, 9.17) is 16.3 Å². The van der Waals surface area contributed by atoms with Gasteiger partial charge in [0.25, 0.3) is 0 Å². The van der Waals surface area contributed by atoms with Crippen LogP contribution in [0.5, 0.6) is 5.75 Å². The SMILES string of the molecule is CCOc1cccc(-c2ccc(Cl)c(CNC3CC3)c2)c1. The number of rotatable bonds is 6. The Bertz CT molecular complexity index is 622. The van der Waals surface area contributed by atoms with Crippen molar-refractivity contribution in [2.75, 3.05) is 6.61 Å². The summed E-state index contributed by atoms with van der Waals surface area (Å²) in [4.78, 5) is 0. The van der Waals surface area contributed by atoms with Crippen LogP contribution in [0.2, 0.25) is 5.02 Å². The summed E-state index contributed by atoms with van der Waals surface area (Å²) in [5, 5.41) is 4.34. The Morgan fingerprint density at radius 3 is 2.71 bits per heavy atom. The number of hydrogen-bond acceptors (Lipinski definition) is 2. The fourth-order valence-corrected chi connectivity index (χ4v) is 2.55. The molecule has 0 unspecified atom stereocenters. The monoisotopic (exact) mass is 301 g/mol. The summed E-state index contributed by atoms with van der Waals surface area (Å²) < 4.78 is 5.57. The molecule has 3 heteroatoms. The molecular formula is C18H20ClNO. The van der Waals surface area contributed by atoms with E-state index >= 15 is 0 Å². The van der Waals surface area contributed by atoms with E-state index in [1.165, 1.54) is 18.4 Å². The molecule has 1 N–H and O–H groups in total. The van der Waals surface area contributed by atoms with Gasteiger partial charge in [0.2, 0.25) is 0 Å². The zero-order chi connectivity index (χ0) is 14.7. The Labute approximate surface area is 131 Å². The Morgan fingerprint density at radius 2 is 1.95 bits per heavy atom. The van der Waals surface area contributed by atoms with Crippen LogP contribution in [0.3, 0.4) is 0 Å². The van der Waals surface area contributed by atoms with Crippen molar-refractivity contribution in [2.24, 2.45) is 0 Å². The summed E-state index contributed by atoms with van der Waals surface area (Å²) in [6, 6.07) is 15.1. The minimum absolute atomic E-state index is 0.681. The normalized spacial score (nSPS) is 14.2. The Morgan fingerprint density at radius 1 is 1.14 bits per heavy atom. The average molecular weight is 302 g/mol. The number of nitrogens with one attached hydrogen (secondary N) is 1. The molecule has 21 heavy (non-hydrogen) atoms. The lowest BCUT2D eigenvalue weighted by molar-refractivity contribution is 0.340. The van der Waals surface area contributed by atoms with Crippen molar-refractivity contribution in [3.05, 3.63) is 53.1 Å². The standard InChI is InChI=1S/C18H20ClNO/c1-2-21-17-5-3-4-13(11-17)14-6-9-18(19)15(10-14)12-20-16-7-8-16/h3-6,9-11,16,20H,2,7-8,12H2,1H3. The van der Waals surface area contributed by atoms with Crippen LogP contribution in [0.1, 0.15) is 25.3 Å². The highest BCUT2D eigenvalue weighted by Gasteiger charge is 2.20. The molecule has 110 valence electrons. The van der Waals surface area contributed by atoms with Gasteiger partial charge in [-0.25, -0.2) is 0 Å². The van der Waals surface area contributed by atoms with Crippen LogP contribution < -0.4 is 10.1 Å². The molecule has 3 rings (SSSR count). The number of benzene rings is 2. The molecule has 0 heterocycles. The second-order valence-corrected chi connectivity index (χ2v) is 5.83. The van der Waals surface area contributed by atoms with Crippen molar-refractivity contribution < 1.29 is 4.74 Å². The van der Waals surface area contributed by atoms with Crippen LogP contribution in [0.25, 0.3) is 11.1 Å². The lowest BCUT2D eigenvalue weighted by Crippen LogP contribution is -2.15. The molecule has 2 nitrogen and oxygen atoms in total. The molecule has 1 aliphatic rings. The first-order chi connectivity index (χ1) is 10.3. The molecule has 0 saturated heterocycles. The Hall–Kier alpha value is -1.51. The second kappa shape index (κ2) is 6.50. The smallest absolute Gasteiger partial charge is 0.119 e. The van der Waals surface area contributed by atoms with Crippen molar-refractivity contribution in [2.45, 2.75) is 32.4 Å². The summed E-state index contributed by atoms with van der Waals surface area (Å²) in [5.41, 5.74) is 3.49. The molecule has 0 aromatic heterocycles. The molecule has 2 aromatic rings. The quantitative estimate of drug-likeness (QED) is 0.838. The molecule has 0 aliphatic heterocycles. The van der Waals surface area contributed by atoms with Gasteiger partial charge in [-0.05, 0) is 60.7 Å². The molecule has 0 radical (unpaired) electrons. The molecule has 2 aromatic carbocycles. The average Bonchev–Trinajstić information content (AvgIpc) is 3.31. The van der Waals surface area contributed by atoms with Gasteiger partial charge in [-0.3, -0.25) is 0 Å². The third-order valence-electron chi connectivity index (χ3n) is 3.68. The van der Waals surface area contributed by atoms with Crippen molar-refractivity contribution in [1.82, 2.24) is 5.32 Å². The van der Waals surface area contributed by atoms with Crippen LogP contribution >= 0.6 is 11.6 Å². The van der Waals surface area contributed by atoms with E-state index in [0.717, 1.165) is 28.4 Å². The maximum atomic E-state index is 6.30. The highest BCUT2D eigenvalue weighted by Crippen LogP contribution is 2.28. The molecule has 1 saturated carbocycles. The van der Waals surface area contributed by atoms with Crippen molar-refractivity contribution in [3.63, 3.8) is 0 Å². The highest BCUT2D eigenvalue weighted by molar-refractivity contribution is 6.31. The van der Waals surface area contributed by atoms with Gasteiger partial charge < -0.3 is 10.1 Å². The van der Waals surface area contributed by atoms with Crippen LogP contribution in [-0.4, -0.2) is 12.6 Å². The summed E-state index contributed by atoms with van der Waals surface area (Å²) in [7, 11) is 0. The molecule has 0 amide bonds. The Balaban J connectivity index is 1.83. The zero-order valence-electron chi connectivity index (χ0n) is 12.2. The third kappa shape index (κ3) is 3.78. The molecule has 1 aliphatic carbocycles. The van der Waals surface area contributed by atoms with E-state index in [-0.39, 0.29) is 0 Å². The summed E-state index contributed by atoms with van der Waals surface area (Å²) >= 11 is 6.30. The van der Waals surface area contributed by atoms with Gasteiger partial charge in [-0.1, -0.05) is 29.8 Å². The lowest BCUT2D eigenvalue weighted by atomic mass is 10.0. The van der Waals surface area contributed by atoms with E-state index in [2.05, 4.69) is 29.6 Å². The van der Waals surface area contributed by atoms with E-state index in [1.54, 1.807) is 0 Å². The minimum Gasteiger partial charge on any atom is -0.494 e. The maximum absolute atomic E-state index is 6.30. The first-order valence-corrected chi connectivity index (χ1v) is 7.89. The van der Waals surface area contributed by atoms with Crippen molar-refractivity contribution >= 4 is 11.6 Å². The van der Waals surface area contributed by atoms with Crippen LogP contribution in [0.15, 0.2) is 42.5 Å². The molecule has 0 atom stereocenters. The van der Waals surface area contributed by atoms with Gasteiger partial charge in [0.05, 0.1) is 6.61 Å². The second-order valence-electron chi connectivity index (χ2n) is 5.42. The molecule has 0 spiro atoms. The van der Waals surface area contributed by atoms with E-state index in [1.807, 2.05) is 25.1 Å². The van der Waals surface area contributed by atoms with Gasteiger partial charge in [-0.2, -0.15) is 0 Å². The number of hydrogen-bond donors (Lipinski definition) is 1. The van der Waals surface area contributed by atoms with Crippen molar-refractivity contribution in [1.29, 1.82) is 0 Å². The number of halogens is 1. The van der Waals surface area contributed by atoms with Crippen LogP contribution in [-0.2, 0) is 6.54 Å². The van der Waals surface area contributed by atoms with Gasteiger partial charge >= 0.3 is 0 Å². The fourth-order valence-electron chi connectivity index (χ4n) is 2.36. The van der Waals surface area contributed by atoms with Crippen LogP contribution in [0, 0.1) is 0 Å². The minimum atomic E-state index is 0.681. The fraction of sp³-hybridized carbons (Fsp3) is 0.333. The highest BCUT2D eigenvalue weighted by atomic mass is 35.5. The van der Waals surface area contributed by atoms with Gasteiger partial charge in [0.1, 0.15) is 5.75 Å². The van der Waals surface area contributed by atoms with E-state index < -0.39 is 0 Å².